The van der Waals surface area contributed by atoms with Gasteiger partial charge in [0.15, 0.2) is 0 Å². The summed E-state index contributed by atoms with van der Waals surface area (Å²) in [4.78, 5) is 2.31. The van der Waals surface area contributed by atoms with Gasteiger partial charge < -0.3 is 21.1 Å². The number of hydrogen-bond donors (Lipinski definition) is 3. The normalized spacial score (nSPS) is 18.2. The molecule has 0 aliphatic carbocycles. The van der Waals surface area contributed by atoms with Gasteiger partial charge in [-0.05, 0) is 31.5 Å². The largest absolute Gasteiger partial charge is 0.506 e. The second kappa shape index (κ2) is 7.18. The highest BCUT2D eigenvalue weighted by atomic mass is 16.3. The van der Waals surface area contributed by atoms with Gasteiger partial charge in [0.05, 0.1) is 6.20 Å². The minimum absolute atomic E-state index is 0.0429. The number of nitrogens with zero attached hydrogens (tertiary/aromatic N) is 4. The van der Waals surface area contributed by atoms with Crippen molar-refractivity contribution in [3.05, 3.63) is 48.3 Å². The van der Waals surface area contributed by atoms with Crippen molar-refractivity contribution >= 4 is 12.2 Å². The molecule has 1 aliphatic heterocycles. The third-order valence-electron chi connectivity index (χ3n) is 4.11. The van der Waals surface area contributed by atoms with Gasteiger partial charge in [-0.1, -0.05) is 18.2 Å². The fraction of sp³-hybridized carbons (Fsp3) is 0.294. The van der Waals surface area contributed by atoms with E-state index in [2.05, 4.69) is 15.1 Å². The lowest BCUT2D eigenvalue weighted by atomic mass is 10.2. The lowest BCUT2D eigenvalue weighted by Gasteiger charge is -2.21. The maximum absolute atomic E-state index is 9.93. The molecule has 0 saturated carbocycles. The zero-order valence-corrected chi connectivity index (χ0v) is 13.4. The van der Waals surface area contributed by atoms with Crippen molar-refractivity contribution in [2.45, 2.75) is 25.4 Å². The van der Waals surface area contributed by atoms with Crippen LogP contribution in [0.5, 0.6) is 5.75 Å². The predicted octanol–water partition coefficient (Wildman–Crippen LogP) is 1.41. The third-order valence-corrected chi connectivity index (χ3v) is 4.11. The number of nitrogens with two attached hydrogens (primary N) is 2. The summed E-state index contributed by atoms with van der Waals surface area (Å²) in [6, 6.07) is 12.0. The summed E-state index contributed by atoms with van der Waals surface area (Å²) < 4.78 is 2.01. The molecule has 2 heterocycles. The molecule has 0 bridgehead atoms. The quantitative estimate of drug-likeness (QED) is 0.439. The fourth-order valence-corrected chi connectivity index (χ4v) is 3.05. The summed E-state index contributed by atoms with van der Waals surface area (Å²) >= 11 is 0. The van der Waals surface area contributed by atoms with Gasteiger partial charge in [-0.3, -0.25) is 4.90 Å². The Labute approximate surface area is 140 Å². The number of likely N-dealkylation sites (tertiary alicyclic amines) is 1. The highest BCUT2D eigenvalue weighted by molar-refractivity contribution is 5.76. The van der Waals surface area contributed by atoms with Crippen molar-refractivity contribution in [3.63, 3.8) is 0 Å². The molecule has 24 heavy (non-hydrogen) atoms. The molecule has 2 aromatic rings. The first-order valence-corrected chi connectivity index (χ1v) is 7.95. The van der Waals surface area contributed by atoms with E-state index < -0.39 is 0 Å². The zero-order valence-electron chi connectivity index (χ0n) is 13.4. The Morgan fingerprint density at radius 3 is 2.83 bits per heavy atom. The van der Waals surface area contributed by atoms with Crippen LogP contribution in [0.15, 0.2) is 52.8 Å². The van der Waals surface area contributed by atoms with Crippen LogP contribution in [0.2, 0.25) is 0 Å². The Bertz CT molecular complexity index is 733. The summed E-state index contributed by atoms with van der Waals surface area (Å²) in [5.41, 5.74) is 12.6. The summed E-state index contributed by atoms with van der Waals surface area (Å²) in [6.45, 7) is 1.69. The highest BCUT2D eigenvalue weighted by Gasteiger charge is 2.24. The molecule has 0 radical (unpaired) electrons. The van der Waals surface area contributed by atoms with Gasteiger partial charge >= 0.3 is 0 Å². The molecule has 1 aromatic heterocycles. The predicted molar refractivity (Wildman–Crippen MR) is 95.2 cm³/mol. The van der Waals surface area contributed by atoms with Gasteiger partial charge in [0.25, 0.3) is 0 Å². The van der Waals surface area contributed by atoms with Crippen LogP contribution >= 0.6 is 0 Å². The molecular formula is C17H22N6O. The van der Waals surface area contributed by atoms with Crippen LogP contribution in [-0.4, -0.2) is 39.3 Å². The van der Waals surface area contributed by atoms with Gasteiger partial charge in [-0.15, -0.1) is 5.10 Å². The van der Waals surface area contributed by atoms with E-state index in [0.717, 1.165) is 30.8 Å². The van der Waals surface area contributed by atoms with Crippen LogP contribution in [0.1, 0.15) is 18.5 Å². The van der Waals surface area contributed by atoms with Crippen LogP contribution in [-0.2, 0) is 6.54 Å². The summed E-state index contributed by atoms with van der Waals surface area (Å²) in [6.07, 6.45) is 5.63. The fourth-order valence-electron chi connectivity index (χ4n) is 3.05. The first-order valence-electron chi connectivity index (χ1n) is 7.95. The van der Waals surface area contributed by atoms with Crippen molar-refractivity contribution < 1.29 is 5.11 Å². The number of benzene rings is 1. The number of guanidine groups is 1. The maximum atomic E-state index is 9.93. The Morgan fingerprint density at radius 1 is 1.29 bits per heavy atom. The van der Waals surface area contributed by atoms with E-state index in [1.807, 2.05) is 34.9 Å². The Kier molecular flexibility index (Phi) is 4.81. The molecule has 1 atom stereocenters. The smallest absolute Gasteiger partial charge is 0.211 e. The van der Waals surface area contributed by atoms with Crippen molar-refractivity contribution in [3.8, 4) is 11.4 Å². The summed E-state index contributed by atoms with van der Waals surface area (Å²) in [5.74, 6) is 0.220. The van der Waals surface area contributed by atoms with Gasteiger partial charge in [0, 0.05) is 36.2 Å². The number of hydrogen-bond acceptors (Lipinski definition) is 4. The van der Waals surface area contributed by atoms with Crippen LogP contribution in [0, 0.1) is 0 Å². The first-order chi connectivity index (χ1) is 11.6. The van der Waals surface area contributed by atoms with E-state index >= 15 is 0 Å². The molecule has 1 aliphatic rings. The summed E-state index contributed by atoms with van der Waals surface area (Å²) in [5, 5.41) is 17.5. The van der Waals surface area contributed by atoms with Gasteiger partial charge in [0.1, 0.15) is 5.75 Å². The minimum Gasteiger partial charge on any atom is -0.506 e. The molecule has 0 amide bonds. The standard InChI is InChI=1S/C17H22N6O/c18-17(19)21-20-10-14-7-4-8-22(14)11-15-9-16(24)12-23(15)13-5-2-1-3-6-13/h1-3,5-6,9-10,12,14,24H,4,7-8,11H2,(H4,18,19,21)/b20-10+. The molecule has 126 valence electrons. The van der Waals surface area contributed by atoms with E-state index in [4.69, 9.17) is 11.5 Å². The van der Waals surface area contributed by atoms with E-state index in [0.29, 0.717) is 6.54 Å². The minimum atomic E-state index is -0.0429. The van der Waals surface area contributed by atoms with E-state index in [1.165, 1.54) is 0 Å². The van der Waals surface area contributed by atoms with Crippen molar-refractivity contribution in [2.75, 3.05) is 6.54 Å². The summed E-state index contributed by atoms with van der Waals surface area (Å²) in [7, 11) is 0. The third kappa shape index (κ3) is 3.75. The van der Waals surface area contributed by atoms with Crippen molar-refractivity contribution in [1.82, 2.24) is 9.47 Å². The molecular weight excluding hydrogens is 304 g/mol. The number of rotatable bonds is 5. The maximum Gasteiger partial charge on any atom is 0.211 e. The Hall–Kier alpha value is -2.80. The second-order valence-corrected chi connectivity index (χ2v) is 5.86. The first kappa shape index (κ1) is 16.1. The molecule has 7 heteroatoms. The molecule has 1 fully saturated rings. The lowest BCUT2D eigenvalue weighted by molar-refractivity contribution is 0.292. The van der Waals surface area contributed by atoms with E-state index in [9.17, 15) is 5.11 Å². The van der Waals surface area contributed by atoms with Crippen LogP contribution in [0.3, 0.4) is 0 Å². The van der Waals surface area contributed by atoms with Gasteiger partial charge in [-0.2, -0.15) is 5.10 Å². The van der Waals surface area contributed by atoms with E-state index in [1.54, 1.807) is 18.5 Å². The topological polar surface area (TPSA) is 105 Å². The highest BCUT2D eigenvalue weighted by Crippen LogP contribution is 2.24. The molecule has 1 saturated heterocycles. The molecule has 0 spiro atoms. The number of para-hydroxylation sites is 1. The average molecular weight is 326 g/mol. The second-order valence-electron chi connectivity index (χ2n) is 5.86. The van der Waals surface area contributed by atoms with Gasteiger partial charge in [-0.25, -0.2) is 0 Å². The number of aromatic hydroxyl groups is 1. The lowest BCUT2D eigenvalue weighted by Crippen LogP contribution is -2.31. The Morgan fingerprint density at radius 2 is 2.08 bits per heavy atom. The van der Waals surface area contributed by atoms with Crippen LogP contribution < -0.4 is 11.5 Å². The molecule has 5 N–H and O–H groups in total. The molecule has 1 unspecified atom stereocenters. The van der Waals surface area contributed by atoms with Gasteiger partial charge in [0.2, 0.25) is 5.96 Å². The molecule has 3 rings (SSSR count). The molecule has 7 nitrogen and oxygen atoms in total. The van der Waals surface area contributed by atoms with Crippen LogP contribution in [0.25, 0.3) is 5.69 Å². The average Bonchev–Trinajstić information content (AvgIpc) is 3.15. The molecule has 1 aromatic carbocycles. The van der Waals surface area contributed by atoms with Crippen molar-refractivity contribution in [2.24, 2.45) is 21.7 Å². The van der Waals surface area contributed by atoms with Crippen molar-refractivity contribution in [1.29, 1.82) is 0 Å². The van der Waals surface area contributed by atoms with E-state index in [-0.39, 0.29) is 17.8 Å². The number of aromatic nitrogens is 1. The van der Waals surface area contributed by atoms with Crippen LogP contribution in [0.4, 0.5) is 0 Å². The zero-order chi connectivity index (χ0) is 16.9. The SMILES string of the molecule is NC(N)=N/N=C/C1CCCN1Cc1cc(O)cn1-c1ccccc1. The monoisotopic (exact) mass is 326 g/mol. The Balaban J connectivity index is 1.78.